The molecule has 0 bridgehead atoms. The molecule has 0 aliphatic heterocycles. The molecular formula is C20H17NO4S. The van der Waals surface area contributed by atoms with Gasteiger partial charge in [0.1, 0.15) is 11.5 Å². The van der Waals surface area contributed by atoms with Crippen LogP contribution in [0.2, 0.25) is 0 Å². The molecular weight excluding hydrogens is 350 g/mol. The summed E-state index contributed by atoms with van der Waals surface area (Å²) in [5.74, 6) is 0.836. The van der Waals surface area contributed by atoms with Crippen molar-refractivity contribution < 1.29 is 17.9 Å². The van der Waals surface area contributed by atoms with E-state index in [4.69, 9.17) is 9.47 Å². The number of benzene rings is 3. The van der Waals surface area contributed by atoms with Gasteiger partial charge in [0.25, 0.3) is 10.0 Å². The van der Waals surface area contributed by atoms with Crippen LogP contribution in [-0.4, -0.2) is 14.5 Å². The number of sulfonamides is 1. The zero-order valence-electron chi connectivity index (χ0n) is 14.1. The van der Waals surface area contributed by atoms with Crippen LogP contribution in [0.5, 0.6) is 11.5 Å². The summed E-state index contributed by atoms with van der Waals surface area (Å²) in [6.45, 7) is 1.88. The van der Waals surface area contributed by atoms with E-state index in [2.05, 4.69) is 4.40 Å². The molecule has 26 heavy (non-hydrogen) atoms. The molecule has 0 fully saturated rings. The number of hydrogen-bond donors (Lipinski definition) is 0. The Hall–Kier alpha value is -3.12. The Morgan fingerprint density at radius 1 is 0.731 bits per heavy atom. The summed E-state index contributed by atoms with van der Waals surface area (Å²) >= 11 is 0. The zero-order chi connectivity index (χ0) is 18.4. The Bertz CT molecular complexity index is 940. The van der Waals surface area contributed by atoms with E-state index in [9.17, 15) is 8.42 Å². The Labute approximate surface area is 152 Å². The summed E-state index contributed by atoms with van der Waals surface area (Å²) in [7, 11) is -3.98. The third-order valence-corrected chi connectivity index (χ3v) is 4.67. The van der Waals surface area contributed by atoms with E-state index in [1.54, 1.807) is 60.7 Å². The lowest BCUT2D eigenvalue weighted by Gasteiger charge is -2.10. The van der Waals surface area contributed by atoms with E-state index in [1.165, 1.54) is 12.1 Å². The Morgan fingerprint density at radius 3 is 1.65 bits per heavy atom. The van der Waals surface area contributed by atoms with Crippen molar-refractivity contribution >= 4 is 16.1 Å². The van der Waals surface area contributed by atoms with Gasteiger partial charge in [0.05, 0.1) is 4.90 Å². The van der Waals surface area contributed by atoms with Crippen LogP contribution >= 0.6 is 0 Å². The van der Waals surface area contributed by atoms with E-state index in [1.807, 2.05) is 19.1 Å². The molecule has 5 nitrogen and oxygen atoms in total. The minimum Gasteiger partial charge on any atom is -0.410 e. The van der Waals surface area contributed by atoms with E-state index < -0.39 is 10.0 Å². The van der Waals surface area contributed by atoms with Crippen molar-refractivity contribution in [1.29, 1.82) is 0 Å². The van der Waals surface area contributed by atoms with Crippen molar-refractivity contribution in [1.82, 2.24) is 0 Å². The molecule has 3 aromatic rings. The van der Waals surface area contributed by atoms with Gasteiger partial charge in [0, 0.05) is 0 Å². The van der Waals surface area contributed by atoms with E-state index in [0.717, 1.165) is 5.56 Å². The molecule has 0 spiro atoms. The quantitative estimate of drug-likeness (QED) is 0.512. The number of para-hydroxylation sites is 2. The molecule has 0 aliphatic carbocycles. The molecule has 0 radical (unpaired) electrons. The molecule has 132 valence electrons. The molecule has 0 atom stereocenters. The maximum atomic E-state index is 12.6. The van der Waals surface area contributed by atoms with Crippen molar-refractivity contribution in [3.05, 3.63) is 90.5 Å². The molecule has 0 saturated carbocycles. The van der Waals surface area contributed by atoms with Gasteiger partial charge in [-0.3, -0.25) is 0 Å². The molecule has 6 heteroatoms. The highest BCUT2D eigenvalue weighted by atomic mass is 32.2. The van der Waals surface area contributed by atoms with Crippen LogP contribution in [0.1, 0.15) is 5.56 Å². The fraction of sp³-hybridized carbons (Fsp3) is 0.0500. The third kappa shape index (κ3) is 4.70. The number of ether oxygens (including phenoxy) is 2. The molecule has 0 N–H and O–H groups in total. The normalized spacial score (nSPS) is 10.8. The lowest BCUT2D eigenvalue weighted by Crippen LogP contribution is -2.19. The lowest BCUT2D eigenvalue weighted by molar-refractivity contribution is 0.386. The van der Waals surface area contributed by atoms with Gasteiger partial charge >= 0.3 is 6.08 Å². The van der Waals surface area contributed by atoms with Crippen molar-refractivity contribution in [2.45, 2.75) is 11.8 Å². The number of rotatable bonds is 4. The molecule has 3 aromatic carbocycles. The second-order valence-corrected chi connectivity index (χ2v) is 7.08. The largest absolute Gasteiger partial charge is 0.411 e. The first-order valence-corrected chi connectivity index (χ1v) is 9.34. The topological polar surface area (TPSA) is 65.0 Å². The van der Waals surface area contributed by atoms with Gasteiger partial charge in [-0.1, -0.05) is 58.5 Å². The van der Waals surface area contributed by atoms with Gasteiger partial charge in [0.2, 0.25) is 0 Å². The molecule has 0 amide bonds. The molecule has 0 aliphatic rings. The van der Waals surface area contributed by atoms with Gasteiger partial charge < -0.3 is 9.47 Å². The number of hydrogen-bond acceptors (Lipinski definition) is 4. The van der Waals surface area contributed by atoms with Crippen LogP contribution in [0.25, 0.3) is 0 Å². The fourth-order valence-electron chi connectivity index (χ4n) is 2.10. The second kappa shape index (κ2) is 7.84. The highest BCUT2D eigenvalue weighted by Gasteiger charge is 2.17. The summed E-state index contributed by atoms with van der Waals surface area (Å²) < 4.78 is 40.0. The van der Waals surface area contributed by atoms with Gasteiger partial charge in [-0.15, -0.1) is 0 Å². The minimum absolute atomic E-state index is 0.0638. The first-order valence-electron chi connectivity index (χ1n) is 7.90. The third-order valence-electron chi connectivity index (χ3n) is 3.41. The summed E-state index contributed by atoms with van der Waals surface area (Å²) in [6, 6.07) is 23.9. The number of aryl methyl sites for hydroxylation is 1. The standard InChI is InChI=1S/C20H17NO4S/c1-16-12-14-19(15-13-16)26(22,23)21-20(24-17-8-4-2-5-9-17)25-18-10-6-3-7-11-18/h2-15H,1H3. The van der Waals surface area contributed by atoms with Crippen LogP contribution in [0.4, 0.5) is 0 Å². The van der Waals surface area contributed by atoms with Crippen LogP contribution in [-0.2, 0) is 10.0 Å². The Balaban J connectivity index is 1.95. The Morgan fingerprint density at radius 2 is 1.19 bits per heavy atom. The zero-order valence-corrected chi connectivity index (χ0v) is 14.9. The maximum Gasteiger partial charge on any atom is 0.411 e. The van der Waals surface area contributed by atoms with Crippen LogP contribution in [0.15, 0.2) is 94.2 Å². The van der Waals surface area contributed by atoms with Crippen molar-refractivity contribution in [2.75, 3.05) is 0 Å². The monoisotopic (exact) mass is 367 g/mol. The van der Waals surface area contributed by atoms with Gasteiger partial charge in [-0.05, 0) is 43.3 Å². The van der Waals surface area contributed by atoms with Crippen LogP contribution < -0.4 is 9.47 Å². The first-order chi connectivity index (χ1) is 12.5. The fourth-order valence-corrected chi connectivity index (χ4v) is 2.95. The van der Waals surface area contributed by atoms with E-state index in [-0.39, 0.29) is 11.0 Å². The van der Waals surface area contributed by atoms with E-state index in [0.29, 0.717) is 11.5 Å². The van der Waals surface area contributed by atoms with Crippen molar-refractivity contribution in [3.8, 4) is 11.5 Å². The maximum absolute atomic E-state index is 12.6. The van der Waals surface area contributed by atoms with Crippen molar-refractivity contribution in [3.63, 3.8) is 0 Å². The SMILES string of the molecule is Cc1ccc(S(=O)(=O)N=C(Oc2ccccc2)Oc2ccccc2)cc1. The lowest BCUT2D eigenvalue weighted by atomic mass is 10.2. The molecule has 0 heterocycles. The highest BCUT2D eigenvalue weighted by Crippen LogP contribution is 2.17. The predicted octanol–water partition coefficient (Wildman–Crippen LogP) is 4.20. The summed E-state index contributed by atoms with van der Waals surface area (Å²) in [6.07, 6.45) is -0.372. The molecule has 3 rings (SSSR count). The number of nitrogens with zero attached hydrogens (tertiary/aromatic N) is 1. The second-order valence-electron chi connectivity index (χ2n) is 5.48. The highest BCUT2D eigenvalue weighted by molar-refractivity contribution is 7.90. The summed E-state index contributed by atoms with van der Waals surface area (Å²) in [4.78, 5) is 0.0638. The van der Waals surface area contributed by atoms with Crippen molar-refractivity contribution in [2.24, 2.45) is 4.40 Å². The van der Waals surface area contributed by atoms with E-state index >= 15 is 0 Å². The smallest absolute Gasteiger partial charge is 0.410 e. The summed E-state index contributed by atoms with van der Waals surface area (Å²) in [5, 5.41) is 0. The Kier molecular flexibility index (Phi) is 5.34. The van der Waals surface area contributed by atoms with Gasteiger partial charge in [0.15, 0.2) is 0 Å². The summed E-state index contributed by atoms with van der Waals surface area (Å²) in [5.41, 5.74) is 0.953. The average molecular weight is 367 g/mol. The molecule has 0 saturated heterocycles. The minimum atomic E-state index is -3.98. The predicted molar refractivity (Wildman–Crippen MR) is 99.9 cm³/mol. The van der Waals surface area contributed by atoms with Gasteiger partial charge in [-0.2, -0.15) is 8.42 Å². The van der Waals surface area contributed by atoms with Gasteiger partial charge in [-0.25, -0.2) is 0 Å². The van der Waals surface area contributed by atoms with Crippen LogP contribution in [0, 0.1) is 6.92 Å². The van der Waals surface area contributed by atoms with Crippen LogP contribution in [0.3, 0.4) is 0 Å². The first kappa shape index (κ1) is 17.7. The molecule has 0 unspecified atom stereocenters. The molecule has 0 aromatic heterocycles. The average Bonchev–Trinajstić information content (AvgIpc) is 2.63.